The van der Waals surface area contributed by atoms with Crippen LogP contribution in [0.25, 0.3) is 11.1 Å². The van der Waals surface area contributed by atoms with E-state index in [1.54, 1.807) is 43.6 Å². The Hall–Kier alpha value is -4.35. The number of benzene rings is 2. The molecule has 1 aromatic heterocycles. The molecule has 0 saturated carbocycles. The van der Waals surface area contributed by atoms with Crippen molar-refractivity contribution >= 4 is 18.0 Å². The fraction of sp³-hybridized carbons (Fsp3) is 0.419. The van der Waals surface area contributed by atoms with Crippen LogP contribution in [0, 0.1) is 0 Å². The maximum atomic E-state index is 14.8. The molecule has 9 nitrogen and oxygen atoms in total. The maximum absolute atomic E-state index is 14.8. The summed E-state index contributed by atoms with van der Waals surface area (Å²) in [6.45, 7) is 2.32. The van der Waals surface area contributed by atoms with Crippen LogP contribution in [-0.4, -0.2) is 68.3 Å². The Bertz CT molecular complexity index is 1570. The molecular weight excluding hydrogens is 565 g/mol. The summed E-state index contributed by atoms with van der Waals surface area (Å²) in [4.78, 5) is 45.0. The van der Waals surface area contributed by atoms with Crippen LogP contribution < -0.4 is 0 Å². The molecule has 0 bridgehead atoms. The first-order chi connectivity index (χ1) is 20.7. The molecule has 2 amide bonds. The minimum atomic E-state index is -2.87. The first-order valence-electron chi connectivity index (χ1n) is 14.4. The van der Waals surface area contributed by atoms with Crippen LogP contribution in [0.5, 0.6) is 0 Å². The highest BCUT2D eigenvalue weighted by molar-refractivity contribution is 6.02. The Kier molecular flexibility index (Phi) is 7.61. The first-order valence-corrected chi connectivity index (χ1v) is 14.4. The van der Waals surface area contributed by atoms with E-state index in [0.717, 1.165) is 23.6 Å². The normalized spacial score (nSPS) is 20.3. The van der Waals surface area contributed by atoms with Crippen molar-refractivity contribution in [1.29, 1.82) is 0 Å². The van der Waals surface area contributed by atoms with Crippen molar-refractivity contribution in [1.82, 2.24) is 19.4 Å². The van der Waals surface area contributed by atoms with Crippen molar-refractivity contribution in [2.24, 2.45) is 0 Å². The van der Waals surface area contributed by atoms with Gasteiger partial charge in [0.25, 0.3) is 12.3 Å². The van der Waals surface area contributed by atoms with Crippen LogP contribution >= 0.6 is 0 Å². The van der Waals surface area contributed by atoms with E-state index in [1.165, 1.54) is 11.0 Å². The van der Waals surface area contributed by atoms with Crippen LogP contribution in [0.3, 0.4) is 0 Å². The van der Waals surface area contributed by atoms with Crippen molar-refractivity contribution in [2.45, 2.75) is 63.8 Å². The minimum absolute atomic E-state index is 0.0879. The average molecular weight is 597 g/mol. The molecular formula is C31H31F3N4O5. The fourth-order valence-electron chi connectivity index (χ4n) is 6.55. The molecule has 43 heavy (non-hydrogen) atoms. The van der Waals surface area contributed by atoms with Crippen LogP contribution in [0.15, 0.2) is 42.7 Å². The van der Waals surface area contributed by atoms with E-state index < -0.39 is 42.5 Å². The highest BCUT2D eigenvalue weighted by Gasteiger charge is 2.43. The Morgan fingerprint density at radius 3 is 2.58 bits per heavy atom. The smallest absolute Gasteiger partial charge is 0.407 e. The van der Waals surface area contributed by atoms with Gasteiger partial charge in [-0.15, -0.1) is 0 Å². The molecule has 1 saturated heterocycles. The van der Waals surface area contributed by atoms with Crippen LogP contribution in [0.4, 0.5) is 18.0 Å². The molecule has 12 heteroatoms. The summed E-state index contributed by atoms with van der Waals surface area (Å²) in [7, 11) is 0. The van der Waals surface area contributed by atoms with Crippen molar-refractivity contribution < 1.29 is 37.4 Å². The molecule has 0 spiro atoms. The number of likely N-dealkylation sites (tertiary alicyclic amines) is 1. The standard InChI is InChI=1S/C31H31F3N4O5/c1-2-43-30(40)27(26-25-4-3-10-37(25)16-35-26)38-14-23-21(28(33)34)12-19(13-22(23)29(38)39)17-5-7-18(8-6-17)20-9-11-36(31(41)42)15-24(20)32/h5-8,12-13,16,20,24,27-28H,2-4,9-11,14-15H2,1H3,(H,41,42)/t20-,24+,27?/m1/s1. The number of hydrogen-bond acceptors (Lipinski definition) is 5. The van der Waals surface area contributed by atoms with E-state index in [9.17, 15) is 27.6 Å². The third-order valence-electron chi connectivity index (χ3n) is 8.70. The molecule has 3 aliphatic rings. The van der Waals surface area contributed by atoms with Crippen molar-refractivity contribution in [3.05, 3.63) is 76.4 Å². The Morgan fingerprint density at radius 1 is 1.14 bits per heavy atom. The molecule has 0 aliphatic carbocycles. The van der Waals surface area contributed by atoms with Gasteiger partial charge >= 0.3 is 12.1 Å². The van der Waals surface area contributed by atoms with Gasteiger partial charge < -0.3 is 24.2 Å². The number of carboxylic acid groups (broad SMARTS) is 1. The zero-order valence-electron chi connectivity index (χ0n) is 23.5. The fourth-order valence-corrected chi connectivity index (χ4v) is 6.55. The van der Waals surface area contributed by atoms with Crippen LogP contribution in [0.1, 0.15) is 76.6 Å². The molecule has 0 radical (unpaired) electrons. The number of imidazole rings is 1. The predicted octanol–water partition coefficient (Wildman–Crippen LogP) is 5.50. The first kappa shape index (κ1) is 28.8. The van der Waals surface area contributed by atoms with Gasteiger partial charge in [0.15, 0.2) is 6.04 Å². The number of ether oxygens (including phenoxy) is 1. The lowest BCUT2D eigenvalue weighted by molar-refractivity contribution is -0.149. The number of piperidine rings is 1. The molecule has 2 aromatic carbocycles. The highest BCUT2D eigenvalue weighted by Crippen LogP contribution is 2.41. The van der Waals surface area contributed by atoms with Gasteiger partial charge in [0, 0.05) is 42.4 Å². The average Bonchev–Trinajstić information content (AvgIpc) is 3.69. The molecule has 3 aliphatic heterocycles. The third-order valence-corrected chi connectivity index (χ3v) is 8.70. The second-order valence-electron chi connectivity index (χ2n) is 11.1. The van der Waals surface area contributed by atoms with E-state index in [4.69, 9.17) is 9.84 Å². The lowest BCUT2D eigenvalue weighted by Gasteiger charge is -2.33. The van der Waals surface area contributed by atoms with Crippen molar-refractivity contribution in [3.8, 4) is 11.1 Å². The molecule has 6 rings (SSSR count). The Labute approximate surface area is 245 Å². The summed E-state index contributed by atoms with van der Waals surface area (Å²) in [6.07, 6.45) is -1.88. The summed E-state index contributed by atoms with van der Waals surface area (Å²) < 4.78 is 50.9. The molecule has 1 fully saturated rings. The van der Waals surface area contributed by atoms with Gasteiger partial charge in [0.1, 0.15) is 6.17 Å². The van der Waals surface area contributed by atoms with Gasteiger partial charge in [-0.25, -0.2) is 27.7 Å². The number of carbonyl (C=O) groups is 3. The number of alkyl halides is 3. The highest BCUT2D eigenvalue weighted by atomic mass is 19.3. The minimum Gasteiger partial charge on any atom is -0.465 e. The topological polar surface area (TPSA) is 105 Å². The van der Waals surface area contributed by atoms with Crippen LogP contribution in [-0.2, 0) is 29.0 Å². The maximum Gasteiger partial charge on any atom is 0.407 e. The van der Waals surface area contributed by atoms with E-state index in [-0.39, 0.29) is 42.9 Å². The summed E-state index contributed by atoms with van der Waals surface area (Å²) in [6, 6.07) is 8.55. The third kappa shape index (κ3) is 5.12. The summed E-state index contributed by atoms with van der Waals surface area (Å²) in [5, 5.41) is 9.16. The van der Waals surface area contributed by atoms with Gasteiger partial charge in [-0.3, -0.25) is 4.79 Å². The van der Waals surface area contributed by atoms with Crippen molar-refractivity contribution in [3.63, 3.8) is 0 Å². The monoisotopic (exact) mass is 596 g/mol. The van der Waals surface area contributed by atoms with Crippen LogP contribution in [0.2, 0.25) is 0 Å². The van der Waals surface area contributed by atoms with Gasteiger partial charge in [0.05, 0.1) is 25.2 Å². The number of rotatable bonds is 7. The van der Waals surface area contributed by atoms with E-state index >= 15 is 0 Å². The van der Waals surface area contributed by atoms with Crippen molar-refractivity contribution in [2.75, 3.05) is 19.7 Å². The molecule has 226 valence electrons. The summed E-state index contributed by atoms with van der Waals surface area (Å²) in [5.74, 6) is -1.70. The number of hydrogen-bond donors (Lipinski definition) is 1. The number of aryl methyl sites for hydroxylation is 1. The van der Waals surface area contributed by atoms with Gasteiger partial charge in [-0.2, -0.15) is 0 Å². The number of aromatic nitrogens is 2. The largest absolute Gasteiger partial charge is 0.465 e. The summed E-state index contributed by atoms with van der Waals surface area (Å²) in [5.41, 5.74) is 2.84. The number of amides is 2. The molecule has 4 heterocycles. The van der Waals surface area contributed by atoms with E-state index in [0.29, 0.717) is 35.2 Å². The van der Waals surface area contributed by atoms with Gasteiger partial charge in [0.2, 0.25) is 0 Å². The molecule has 3 atom stereocenters. The predicted molar refractivity (Wildman–Crippen MR) is 148 cm³/mol. The van der Waals surface area contributed by atoms with E-state index in [1.807, 2.05) is 4.57 Å². The lowest BCUT2D eigenvalue weighted by Crippen LogP contribution is -2.43. The van der Waals surface area contributed by atoms with E-state index in [2.05, 4.69) is 4.98 Å². The van der Waals surface area contributed by atoms with Gasteiger partial charge in [-0.1, -0.05) is 24.3 Å². The zero-order chi connectivity index (χ0) is 30.4. The Morgan fingerprint density at radius 2 is 1.91 bits per heavy atom. The second kappa shape index (κ2) is 11.4. The number of esters is 1. The van der Waals surface area contributed by atoms with Gasteiger partial charge in [-0.05, 0) is 60.6 Å². The Balaban J connectivity index is 1.31. The molecule has 1 unspecified atom stereocenters. The SMILES string of the molecule is CCOC(=O)C(c1ncn2c1CCC2)N1Cc2c(cc(-c3ccc([C@H]4CCN(C(=O)O)C[C@@H]4F)cc3)cc2C(F)F)C1=O. The number of nitrogens with zero attached hydrogens (tertiary/aromatic N) is 4. The second-order valence-corrected chi connectivity index (χ2v) is 11.1. The lowest BCUT2D eigenvalue weighted by atomic mass is 9.87. The number of fused-ring (bicyclic) bond motifs is 2. The quantitative estimate of drug-likeness (QED) is 0.361. The number of carbonyl (C=O) groups excluding carboxylic acids is 2. The molecule has 3 aromatic rings. The molecule has 1 N–H and O–H groups in total. The number of halogens is 3. The zero-order valence-corrected chi connectivity index (χ0v) is 23.5. The summed E-state index contributed by atoms with van der Waals surface area (Å²) >= 11 is 0.